The Morgan fingerprint density at radius 2 is 2.62 bits per heavy atom. The van der Waals surface area contributed by atoms with Crippen LogP contribution in [0, 0.1) is 6.08 Å². The Kier molecular flexibility index (Phi) is 1.90. The summed E-state index contributed by atoms with van der Waals surface area (Å²) in [5.41, 5.74) is 1.44. The van der Waals surface area contributed by atoms with Gasteiger partial charge in [-0.15, -0.1) is 0 Å². The molecule has 0 aliphatic heterocycles. The molecule has 0 fully saturated rings. The van der Waals surface area contributed by atoms with Crippen LogP contribution in [-0.2, 0) is 0 Å². The highest BCUT2D eigenvalue weighted by Gasteiger charge is 1.91. The highest BCUT2D eigenvalue weighted by Crippen LogP contribution is 2.10. The molecule has 0 heteroatoms. The van der Waals surface area contributed by atoms with Crippen molar-refractivity contribution in [3.63, 3.8) is 0 Å². The minimum Gasteiger partial charge on any atom is -0.0810 e. The second-order valence-corrected chi connectivity index (χ2v) is 2.02. The molecule has 0 amide bonds. The van der Waals surface area contributed by atoms with Crippen LogP contribution in [0.2, 0.25) is 0 Å². The van der Waals surface area contributed by atoms with Crippen molar-refractivity contribution < 1.29 is 0 Å². The molecule has 0 unspecified atom stereocenters. The molecular formula is C8H11. The quantitative estimate of drug-likeness (QED) is 0.483. The van der Waals surface area contributed by atoms with Gasteiger partial charge in [0.1, 0.15) is 0 Å². The summed E-state index contributed by atoms with van der Waals surface area (Å²) in [6, 6.07) is 0. The minimum absolute atomic E-state index is 1.11. The lowest BCUT2D eigenvalue weighted by molar-refractivity contribution is 0.963. The van der Waals surface area contributed by atoms with E-state index >= 15 is 0 Å². The van der Waals surface area contributed by atoms with Gasteiger partial charge >= 0.3 is 0 Å². The molecule has 0 N–H and O–H groups in total. The molecule has 0 saturated heterocycles. The van der Waals surface area contributed by atoms with Gasteiger partial charge in [0.15, 0.2) is 0 Å². The van der Waals surface area contributed by atoms with Gasteiger partial charge < -0.3 is 0 Å². The Morgan fingerprint density at radius 1 is 1.75 bits per heavy atom. The molecule has 0 nitrogen and oxygen atoms in total. The van der Waals surface area contributed by atoms with Gasteiger partial charge in [-0.25, -0.2) is 0 Å². The van der Waals surface area contributed by atoms with E-state index in [0.717, 1.165) is 12.8 Å². The Hall–Kier alpha value is -0.520. The van der Waals surface area contributed by atoms with Crippen molar-refractivity contribution in [2.24, 2.45) is 0 Å². The highest BCUT2D eigenvalue weighted by molar-refractivity contribution is 5.18. The van der Waals surface area contributed by atoms with E-state index in [1.807, 2.05) is 0 Å². The molecule has 0 bridgehead atoms. The maximum absolute atomic E-state index is 3.19. The normalized spacial score (nSPS) is 18.4. The van der Waals surface area contributed by atoms with Crippen LogP contribution in [0.25, 0.3) is 0 Å². The SMILES string of the molecule is CCC1=CCC[C]=C1. The lowest BCUT2D eigenvalue weighted by atomic mass is 10.1. The molecule has 0 heterocycles. The summed E-state index contributed by atoms with van der Waals surface area (Å²) in [7, 11) is 0. The predicted molar refractivity (Wildman–Crippen MR) is 35.4 cm³/mol. The Labute approximate surface area is 50.9 Å². The van der Waals surface area contributed by atoms with Gasteiger partial charge in [-0.05, 0) is 25.3 Å². The van der Waals surface area contributed by atoms with E-state index < -0.39 is 0 Å². The number of hydrogen-bond acceptors (Lipinski definition) is 0. The second-order valence-electron chi connectivity index (χ2n) is 2.02. The van der Waals surface area contributed by atoms with E-state index in [1.165, 1.54) is 12.0 Å². The molecule has 0 atom stereocenters. The van der Waals surface area contributed by atoms with Crippen LogP contribution < -0.4 is 0 Å². The number of hydrogen-bond donors (Lipinski definition) is 0. The number of rotatable bonds is 1. The van der Waals surface area contributed by atoms with Gasteiger partial charge in [0, 0.05) is 0 Å². The van der Waals surface area contributed by atoms with E-state index in [-0.39, 0.29) is 0 Å². The molecule has 8 heavy (non-hydrogen) atoms. The van der Waals surface area contributed by atoms with Crippen molar-refractivity contribution >= 4 is 0 Å². The third-order valence-electron chi connectivity index (χ3n) is 1.39. The number of allylic oxidation sites excluding steroid dienone is 4. The first-order chi connectivity index (χ1) is 3.93. The standard InChI is InChI=1S/C8H11/c1-2-8-6-4-3-5-7-8/h6-7H,2-4H2,1H3. The first-order valence-corrected chi connectivity index (χ1v) is 3.19. The third-order valence-corrected chi connectivity index (χ3v) is 1.39. The summed E-state index contributed by atoms with van der Waals surface area (Å²) in [5.74, 6) is 0. The summed E-state index contributed by atoms with van der Waals surface area (Å²) >= 11 is 0. The lowest BCUT2D eigenvalue weighted by Crippen LogP contribution is -1.81. The topological polar surface area (TPSA) is 0 Å². The molecule has 1 aliphatic rings. The van der Waals surface area contributed by atoms with Gasteiger partial charge in [-0.3, -0.25) is 0 Å². The van der Waals surface area contributed by atoms with Crippen LogP contribution in [0.3, 0.4) is 0 Å². The summed E-state index contributed by atoms with van der Waals surface area (Å²) in [6.07, 6.45) is 11.0. The van der Waals surface area contributed by atoms with Crippen molar-refractivity contribution in [1.29, 1.82) is 0 Å². The molecule has 0 saturated carbocycles. The third kappa shape index (κ3) is 1.22. The van der Waals surface area contributed by atoms with E-state index in [9.17, 15) is 0 Å². The molecule has 1 rings (SSSR count). The Bertz CT molecular complexity index is 118. The molecule has 0 aromatic heterocycles. The first-order valence-electron chi connectivity index (χ1n) is 3.19. The van der Waals surface area contributed by atoms with Crippen LogP contribution in [-0.4, -0.2) is 0 Å². The van der Waals surface area contributed by atoms with E-state index in [0.29, 0.717) is 0 Å². The monoisotopic (exact) mass is 107 g/mol. The zero-order valence-corrected chi connectivity index (χ0v) is 5.28. The zero-order chi connectivity index (χ0) is 5.82. The van der Waals surface area contributed by atoms with Gasteiger partial charge in [0.05, 0.1) is 0 Å². The second kappa shape index (κ2) is 2.71. The first kappa shape index (κ1) is 5.61. The van der Waals surface area contributed by atoms with Crippen LogP contribution in [0.5, 0.6) is 0 Å². The van der Waals surface area contributed by atoms with E-state index in [2.05, 4.69) is 25.2 Å². The van der Waals surface area contributed by atoms with Crippen molar-refractivity contribution in [2.45, 2.75) is 26.2 Å². The average molecular weight is 107 g/mol. The Morgan fingerprint density at radius 3 is 3.00 bits per heavy atom. The van der Waals surface area contributed by atoms with Crippen molar-refractivity contribution in [2.75, 3.05) is 0 Å². The van der Waals surface area contributed by atoms with Crippen molar-refractivity contribution in [3.05, 3.63) is 23.8 Å². The van der Waals surface area contributed by atoms with Gasteiger partial charge in [0.25, 0.3) is 0 Å². The zero-order valence-electron chi connectivity index (χ0n) is 5.28. The fraction of sp³-hybridized carbons (Fsp3) is 0.500. The smallest absolute Gasteiger partial charge is 0.0241 e. The Balaban J connectivity index is 2.51. The molecule has 0 spiro atoms. The van der Waals surface area contributed by atoms with Crippen molar-refractivity contribution in [1.82, 2.24) is 0 Å². The van der Waals surface area contributed by atoms with Crippen LogP contribution in [0.15, 0.2) is 17.7 Å². The summed E-state index contributed by atoms with van der Waals surface area (Å²) < 4.78 is 0. The van der Waals surface area contributed by atoms with Gasteiger partial charge in [-0.2, -0.15) is 0 Å². The lowest BCUT2D eigenvalue weighted by Gasteiger charge is -2.00. The van der Waals surface area contributed by atoms with Crippen LogP contribution in [0.1, 0.15) is 26.2 Å². The molecule has 0 aromatic carbocycles. The summed E-state index contributed by atoms with van der Waals surface area (Å²) in [6.45, 7) is 2.18. The molecule has 43 valence electrons. The molecule has 1 aliphatic carbocycles. The fourth-order valence-electron chi connectivity index (χ4n) is 0.849. The minimum atomic E-state index is 1.11. The molecular weight excluding hydrogens is 96.1 g/mol. The highest BCUT2D eigenvalue weighted by atomic mass is 14.0. The van der Waals surface area contributed by atoms with Gasteiger partial charge in [0.2, 0.25) is 0 Å². The van der Waals surface area contributed by atoms with Gasteiger partial charge in [-0.1, -0.05) is 24.6 Å². The van der Waals surface area contributed by atoms with E-state index in [4.69, 9.17) is 0 Å². The molecule has 1 radical (unpaired) electrons. The van der Waals surface area contributed by atoms with Crippen molar-refractivity contribution in [3.8, 4) is 0 Å². The largest absolute Gasteiger partial charge is 0.0810 e. The fourth-order valence-corrected chi connectivity index (χ4v) is 0.849. The van der Waals surface area contributed by atoms with Crippen LogP contribution >= 0.6 is 0 Å². The average Bonchev–Trinajstić information content (AvgIpc) is 1.90. The van der Waals surface area contributed by atoms with Crippen LogP contribution in [0.4, 0.5) is 0 Å². The maximum Gasteiger partial charge on any atom is -0.0241 e. The maximum atomic E-state index is 3.19. The summed E-state index contributed by atoms with van der Waals surface area (Å²) in [5, 5.41) is 0. The molecule has 0 aromatic rings. The predicted octanol–water partition coefficient (Wildman–Crippen LogP) is 2.48. The summed E-state index contributed by atoms with van der Waals surface area (Å²) in [4.78, 5) is 0. The van der Waals surface area contributed by atoms with E-state index in [1.54, 1.807) is 0 Å².